The van der Waals surface area contributed by atoms with E-state index in [-0.39, 0.29) is 9.79 Å². The molecule has 0 heterocycles. The summed E-state index contributed by atoms with van der Waals surface area (Å²) in [6, 6.07) is 5.18. The molecule has 5 nitrogen and oxygen atoms in total. The molecule has 1 N–H and O–H groups in total. The van der Waals surface area contributed by atoms with E-state index in [0.29, 0.717) is 6.54 Å². The van der Waals surface area contributed by atoms with Crippen LogP contribution in [-0.2, 0) is 19.9 Å². The van der Waals surface area contributed by atoms with Gasteiger partial charge in [0, 0.05) is 12.8 Å². The van der Waals surface area contributed by atoms with E-state index >= 15 is 0 Å². The normalized spacial score (nSPS) is 12.6. The Hall–Kier alpha value is -0.920. The minimum absolute atomic E-state index is 0.0750. The third-order valence-electron chi connectivity index (χ3n) is 2.38. The van der Waals surface area contributed by atoms with Crippen LogP contribution in [0.3, 0.4) is 0 Å². The Balaban J connectivity index is 2.91. The highest BCUT2D eigenvalue weighted by molar-refractivity contribution is 7.90. The first-order valence-corrected chi connectivity index (χ1v) is 8.94. The fraction of sp³-hybridized carbons (Fsp3) is 0.455. The maximum absolute atomic E-state index is 11.8. The van der Waals surface area contributed by atoms with Crippen LogP contribution in [0.25, 0.3) is 0 Å². The van der Waals surface area contributed by atoms with E-state index in [2.05, 4.69) is 4.72 Å². The van der Waals surface area contributed by atoms with Gasteiger partial charge >= 0.3 is 0 Å². The zero-order valence-electron chi connectivity index (χ0n) is 10.4. The van der Waals surface area contributed by atoms with Crippen molar-refractivity contribution in [1.82, 2.24) is 4.72 Å². The molecule has 7 heteroatoms. The third kappa shape index (κ3) is 4.08. The molecular formula is C11H17NO4S2. The average molecular weight is 291 g/mol. The summed E-state index contributed by atoms with van der Waals surface area (Å²) in [6.07, 6.45) is 2.74. The Morgan fingerprint density at radius 1 is 1.00 bits per heavy atom. The molecule has 0 saturated carbocycles. The van der Waals surface area contributed by atoms with E-state index in [1.54, 1.807) is 0 Å². The molecular weight excluding hydrogens is 274 g/mol. The van der Waals surface area contributed by atoms with Crippen molar-refractivity contribution in [3.63, 3.8) is 0 Å². The number of hydrogen-bond acceptors (Lipinski definition) is 4. The summed E-state index contributed by atoms with van der Waals surface area (Å²) in [7, 11) is -6.84. The second-order valence-electron chi connectivity index (χ2n) is 3.99. The monoisotopic (exact) mass is 291 g/mol. The van der Waals surface area contributed by atoms with Gasteiger partial charge in [0.1, 0.15) is 0 Å². The Morgan fingerprint density at radius 3 is 1.94 bits per heavy atom. The average Bonchev–Trinajstić information content (AvgIpc) is 2.28. The fourth-order valence-electron chi connectivity index (χ4n) is 1.33. The van der Waals surface area contributed by atoms with Crippen LogP contribution in [0.2, 0.25) is 0 Å². The van der Waals surface area contributed by atoms with Crippen molar-refractivity contribution in [2.24, 2.45) is 0 Å². The molecule has 0 radical (unpaired) electrons. The van der Waals surface area contributed by atoms with E-state index in [4.69, 9.17) is 0 Å². The molecule has 1 aromatic carbocycles. The first kappa shape index (κ1) is 15.1. The molecule has 18 heavy (non-hydrogen) atoms. The van der Waals surface area contributed by atoms with E-state index < -0.39 is 19.9 Å². The van der Waals surface area contributed by atoms with Gasteiger partial charge in [0.15, 0.2) is 9.84 Å². The number of nitrogens with one attached hydrogen (secondary N) is 1. The predicted molar refractivity (Wildman–Crippen MR) is 69.6 cm³/mol. The van der Waals surface area contributed by atoms with Gasteiger partial charge < -0.3 is 0 Å². The second kappa shape index (κ2) is 5.81. The molecule has 0 saturated heterocycles. The lowest BCUT2D eigenvalue weighted by atomic mass is 10.3. The summed E-state index contributed by atoms with van der Waals surface area (Å²) >= 11 is 0. The van der Waals surface area contributed by atoms with Gasteiger partial charge in [-0.1, -0.05) is 13.3 Å². The van der Waals surface area contributed by atoms with Crippen LogP contribution < -0.4 is 4.72 Å². The number of unbranched alkanes of at least 4 members (excludes halogenated alkanes) is 1. The van der Waals surface area contributed by atoms with Crippen LogP contribution in [0, 0.1) is 0 Å². The van der Waals surface area contributed by atoms with Gasteiger partial charge in [-0.25, -0.2) is 21.6 Å². The fourth-order valence-corrected chi connectivity index (χ4v) is 3.04. The lowest BCUT2D eigenvalue weighted by molar-refractivity contribution is 0.577. The number of sulfonamides is 1. The Kier molecular flexibility index (Phi) is 4.89. The summed E-state index contributed by atoms with van der Waals surface area (Å²) in [5.41, 5.74) is 0. The molecule has 1 rings (SSSR count). The highest BCUT2D eigenvalue weighted by Crippen LogP contribution is 2.14. The standard InChI is InChI=1S/C11H17NO4S2/c1-3-4-9-12-18(15,16)11-7-5-10(6-8-11)17(2,13)14/h5-8,12H,3-4,9H2,1-2H3. The number of benzene rings is 1. The van der Waals surface area contributed by atoms with Crippen molar-refractivity contribution in [2.75, 3.05) is 12.8 Å². The lowest BCUT2D eigenvalue weighted by Gasteiger charge is -2.06. The molecule has 0 spiro atoms. The van der Waals surface area contributed by atoms with Crippen LogP contribution in [0.15, 0.2) is 34.1 Å². The second-order valence-corrected chi connectivity index (χ2v) is 7.78. The lowest BCUT2D eigenvalue weighted by Crippen LogP contribution is -2.24. The number of hydrogen-bond donors (Lipinski definition) is 1. The van der Waals surface area contributed by atoms with Crippen molar-refractivity contribution in [3.05, 3.63) is 24.3 Å². The first-order chi connectivity index (χ1) is 8.27. The zero-order valence-corrected chi connectivity index (χ0v) is 12.0. The Bertz CT molecular complexity index is 588. The molecule has 0 aliphatic heterocycles. The van der Waals surface area contributed by atoms with Gasteiger partial charge in [-0.3, -0.25) is 0 Å². The van der Waals surface area contributed by atoms with Gasteiger partial charge in [0.25, 0.3) is 0 Å². The van der Waals surface area contributed by atoms with Crippen LogP contribution >= 0.6 is 0 Å². The quantitative estimate of drug-likeness (QED) is 0.798. The van der Waals surface area contributed by atoms with Gasteiger partial charge in [0.05, 0.1) is 9.79 Å². The van der Waals surface area contributed by atoms with Gasteiger partial charge in [-0.05, 0) is 30.7 Å². The summed E-state index contributed by atoms with van der Waals surface area (Å²) in [5, 5.41) is 0. The number of rotatable bonds is 6. The molecule has 0 amide bonds. The summed E-state index contributed by atoms with van der Waals surface area (Å²) in [5.74, 6) is 0. The summed E-state index contributed by atoms with van der Waals surface area (Å²) in [6.45, 7) is 2.35. The Labute approximate surface area is 108 Å². The third-order valence-corrected chi connectivity index (χ3v) is 4.99. The molecule has 0 atom stereocenters. The zero-order chi connectivity index (χ0) is 13.8. The highest BCUT2D eigenvalue weighted by Gasteiger charge is 2.14. The molecule has 0 aliphatic carbocycles. The van der Waals surface area contributed by atoms with Gasteiger partial charge in [-0.2, -0.15) is 0 Å². The molecule has 0 fully saturated rings. The van der Waals surface area contributed by atoms with Crippen LogP contribution in [-0.4, -0.2) is 29.6 Å². The van der Waals surface area contributed by atoms with Crippen molar-refractivity contribution in [2.45, 2.75) is 29.6 Å². The largest absolute Gasteiger partial charge is 0.240 e. The molecule has 0 unspecified atom stereocenters. The summed E-state index contributed by atoms with van der Waals surface area (Å²) in [4.78, 5) is 0.181. The van der Waals surface area contributed by atoms with E-state index in [1.165, 1.54) is 24.3 Å². The van der Waals surface area contributed by atoms with Crippen molar-refractivity contribution in [3.8, 4) is 0 Å². The predicted octanol–water partition coefficient (Wildman–Crippen LogP) is 1.17. The van der Waals surface area contributed by atoms with Crippen LogP contribution in [0.1, 0.15) is 19.8 Å². The maximum Gasteiger partial charge on any atom is 0.240 e. The smallest absolute Gasteiger partial charge is 0.224 e. The minimum atomic E-state index is -3.54. The molecule has 0 aromatic heterocycles. The maximum atomic E-state index is 11.8. The summed E-state index contributed by atoms with van der Waals surface area (Å²) < 4.78 is 48.6. The van der Waals surface area contributed by atoms with Crippen LogP contribution in [0.4, 0.5) is 0 Å². The first-order valence-electron chi connectivity index (χ1n) is 5.57. The van der Waals surface area contributed by atoms with Crippen molar-refractivity contribution >= 4 is 19.9 Å². The SMILES string of the molecule is CCCCNS(=O)(=O)c1ccc(S(C)(=O)=O)cc1. The number of sulfone groups is 1. The highest BCUT2D eigenvalue weighted by atomic mass is 32.2. The molecule has 0 aliphatic rings. The van der Waals surface area contributed by atoms with E-state index in [0.717, 1.165) is 19.1 Å². The Morgan fingerprint density at radius 2 is 1.50 bits per heavy atom. The van der Waals surface area contributed by atoms with Gasteiger partial charge in [0.2, 0.25) is 10.0 Å². The van der Waals surface area contributed by atoms with Crippen molar-refractivity contribution < 1.29 is 16.8 Å². The van der Waals surface area contributed by atoms with E-state index in [1.807, 2.05) is 6.92 Å². The minimum Gasteiger partial charge on any atom is -0.224 e. The topological polar surface area (TPSA) is 80.3 Å². The van der Waals surface area contributed by atoms with Crippen molar-refractivity contribution in [1.29, 1.82) is 0 Å². The molecule has 1 aromatic rings. The van der Waals surface area contributed by atoms with E-state index in [9.17, 15) is 16.8 Å². The molecule has 0 bridgehead atoms. The molecule has 102 valence electrons. The van der Waals surface area contributed by atoms with Gasteiger partial charge in [-0.15, -0.1) is 0 Å². The van der Waals surface area contributed by atoms with Crippen LogP contribution in [0.5, 0.6) is 0 Å².